The highest BCUT2D eigenvalue weighted by Gasteiger charge is 2.30. The van der Waals surface area contributed by atoms with Crippen molar-refractivity contribution in [3.8, 4) is 0 Å². The van der Waals surface area contributed by atoms with Gasteiger partial charge in [-0.3, -0.25) is 68.4 Å². The molecule has 7 atom stereocenters. The molecule has 10 N–H and O–H groups in total. The Balaban J connectivity index is 0.000000203. The van der Waals surface area contributed by atoms with Crippen molar-refractivity contribution < 1.29 is 56.5 Å². The zero-order valence-corrected chi connectivity index (χ0v) is 71.0. The molecule has 0 bridgehead atoms. The van der Waals surface area contributed by atoms with Gasteiger partial charge >= 0.3 is 10.3 Å². The normalized spacial score (nSPS) is 12.6. The topological polar surface area (TPSA) is 448 Å². The number of carbonyl (C=O) groups excluding carboxylic acids is 6. The van der Waals surface area contributed by atoms with Gasteiger partial charge in [0.25, 0.3) is 17.1 Å². The number of aryl methyl sites for hydroxylation is 4. The van der Waals surface area contributed by atoms with Crippen molar-refractivity contribution in [3.63, 3.8) is 0 Å². The summed E-state index contributed by atoms with van der Waals surface area (Å²) in [6, 6.07) is 50.1. The lowest BCUT2D eigenvalue weighted by Crippen LogP contribution is -2.48. The number of benzene rings is 7. The number of hydrogen-bond acceptors (Lipinski definition) is 23. The van der Waals surface area contributed by atoms with Crippen LogP contribution in [0.15, 0.2) is 210 Å². The minimum absolute atomic E-state index is 0.00966. The van der Waals surface area contributed by atoms with E-state index in [2.05, 4.69) is 58.8 Å². The summed E-state index contributed by atoms with van der Waals surface area (Å²) in [5.41, 5.74) is 16.5. The fraction of sp³-hybridized carbons (Fsp3) is 0.294. The van der Waals surface area contributed by atoms with E-state index in [4.69, 9.17) is 10.3 Å². The molecule has 11 aromatic rings. The number of nitrogens with one attached hydrogen (secondary N) is 7. The summed E-state index contributed by atoms with van der Waals surface area (Å²) >= 11 is 5.93. The minimum atomic E-state index is -4.37. The van der Waals surface area contributed by atoms with Crippen LogP contribution in [0.5, 0.6) is 0 Å². The van der Waals surface area contributed by atoms with E-state index in [0.29, 0.717) is 44.9 Å². The van der Waals surface area contributed by atoms with E-state index in [9.17, 15) is 67.5 Å². The van der Waals surface area contributed by atoms with Gasteiger partial charge in [-0.2, -0.15) is 8.42 Å². The molecule has 0 aliphatic carbocycles. The lowest BCUT2D eigenvalue weighted by molar-refractivity contribution is -0.385. The number of amides is 6. The highest BCUT2D eigenvalue weighted by atomic mass is 32.2. The van der Waals surface area contributed by atoms with E-state index in [1.54, 1.807) is 59.9 Å². The maximum Gasteiger partial charge on any atom is 0.357 e. The van der Waals surface area contributed by atoms with Crippen LogP contribution in [0.4, 0.5) is 22.7 Å². The zero-order chi connectivity index (χ0) is 86.8. The Hall–Kier alpha value is -12.3. The number of nitro benzene ring substituents is 3. The van der Waals surface area contributed by atoms with Crippen LogP contribution < -0.4 is 42.4 Å². The van der Waals surface area contributed by atoms with Crippen molar-refractivity contribution in [1.29, 1.82) is 0 Å². The first-order valence-electron chi connectivity index (χ1n) is 38.3. The Kier molecular flexibility index (Phi) is 36.4. The molecule has 11 rings (SSSR count). The number of thiazole rings is 4. The average molecular weight is 1730 g/mol. The lowest BCUT2D eigenvalue weighted by Gasteiger charge is -2.22. The molecule has 30 nitrogen and oxygen atoms in total. The Morgan fingerprint density at radius 2 is 0.608 bits per heavy atom. The first-order valence-corrected chi connectivity index (χ1v) is 43.3. The summed E-state index contributed by atoms with van der Waals surface area (Å²) in [4.78, 5) is 125. The predicted molar refractivity (Wildman–Crippen MR) is 465 cm³/mol. The van der Waals surface area contributed by atoms with Gasteiger partial charge in [0.05, 0.1) is 67.4 Å². The maximum atomic E-state index is 13.3. The number of anilines is 1. The summed E-state index contributed by atoms with van der Waals surface area (Å²) in [6.07, 6.45) is 6.12. The number of nitrogens with two attached hydrogens (primary N) is 1. The van der Waals surface area contributed by atoms with Gasteiger partial charge in [0.15, 0.2) is 0 Å². The molecule has 0 unspecified atom stereocenters. The maximum absolute atomic E-state index is 13.3. The molecule has 0 fully saturated rings. The third-order valence-corrected chi connectivity index (χ3v) is 22.8. The molecule has 0 saturated carbocycles. The van der Waals surface area contributed by atoms with Crippen LogP contribution in [0.25, 0.3) is 0 Å². The number of carbonyl (C=O) groups is 6. The molecule has 6 amide bonds. The number of aromatic nitrogens is 4. The van der Waals surface area contributed by atoms with Crippen LogP contribution in [0.3, 0.4) is 0 Å². The first-order chi connectivity index (χ1) is 57.4. The van der Waals surface area contributed by atoms with E-state index in [0.717, 1.165) is 107 Å². The van der Waals surface area contributed by atoms with Crippen molar-refractivity contribution in [2.24, 2.45) is 5.73 Å². The standard InChI is InChI=1S/C24H28N4O5S2.2C24H26N4O4S.C13H15N3O2S/c1-3-19-15-34-24(26-19)22(14-18-9-11-20(12-10-18)28-35(31,32)33)27-23(30)21(25-16(2)29)13-17-7-5-4-6-8-17;2*1-3-19-15-33-24(26-19)22(14-18-9-11-20(12-10-18)28(31)32)27-23(30)21(25-16(2)29)13-17-7-5-4-6-8-17;1-2-10-8-19-13(15-10)12(14)7-9-3-5-11(6-4-9)16(17)18/h4-12,15,21-22,28H,3,13-14H2,1-2H3,(H,25,29)(H,27,30)(H,31,32,33);2*4-12,15,21-22H,3,13-14H2,1-2H3,(H,25,29)(H,27,30);3-6,8,12H,2,7,14H2,1H3/t3*21-,22-;12-/m0000/s1. The lowest BCUT2D eigenvalue weighted by atomic mass is 10.0. The van der Waals surface area contributed by atoms with Crippen LogP contribution in [0.2, 0.25) is 0 Å². The largest absolute Gasteiger partial charge is 0.357 e. The van der Waals surface area contributed by atoms with E-state index in [-0.39, 0.29) is 64.2 Å². The average Bonchev–Trinajstić information content (AvgIpc) is 1.55. The molecule has 630 valence electrons. The van der Waals surface area contributed by atoms with Gasteiger partial charge in [-0.25, -0.2) is 19.9 Å². The monoisotopic (exact) mass is 1730 g/mol. The second-order valence-corrected chi connectivity index (χ2v) is 32.3. The van der Waals surface area contributed by atoms with Crippen LogP contribution in [-0.4, -0.2) is 101 Å². The molecule has 0 radical (unpaired) electrons. The van der Waals surface area contributed by atoms with Crippen molar-refractivity contribution >= 4 is 114 Å². The van der Waals surface area contributed by atoms with Gasteiger partial charge in [-0.05, 0) is 102 Å². The number of rotatable bonds is 36. The molecular weight excluding hydrogens is 1630 g/mol. The number of non-ortho nitro benzene ring substituents is 3. The van der Waals surface area contributed by atoms with Crippen LogP contribution in [0, 0.1) is 30.3 Å². The smallest absolute Gasteiger partial charge is 0.345 e. The van der Waals surface area contributed by atoms with Crippen molar-refractivity contribution in [2.75, 3.05) is 4.72 Å². The summed E-state index contributed by atoms with van der Waals surface area (Å²) in [5, 5.41) is 60.9. The zero-order valence-electron chi connectivity index (χ0n) is 66.9. The van der Waals surface area contributed by atoms with E-state index < -0.39 is 61.3 Å². The van der Waals surface area contributed by atoms with Crippen molar-refractivity contribution in [1.82, 2.24) is 51.8 Å². The number of hydrogen-bond donors (Lipinski definition) is 9. The Labute approximate surface area is 711 Å². The second kappa shape index (κ2) is 46.8. The number of nitro groups is 3. The summed E-state index contributed by atoms with van der Waals surface area (Å²) in [6.45, 7) is 12.2. The van der Waals surface area contributed by atoms with Gasteiger partial charge in [0.1, 0.15) is 38.2 Å². The predicted octanol–water partition coefficient (Wildman–Crippen LogP) is 13.4. The summed E-state index contributed by atoms with van der Waals surface area (Å²) in [5.74, 6) is -1.83. The second-order valence-electron chi connectivity index (χ2n) is 27.6. The van der Waals surface area contributed by atoms with Gasteiger partial charge in [0, 0.05) is 98.0 Å². The molecule has 4 heterocycles. The number of nitrogens with zero attached hydrogens (tertiary/aromatic N) is 7. The van der Waals surface area contributed by atoms with Gasteiger partial charge in [-0.15, -0.1) is 45.3 Å². The molecule has 0 aliphatic rings. The molecule has 35 heteroatoms. The molecule has 120 heavy (non-hydrogen) atoms. The van der Waals surface area contributed by atoms with Gasteiger partial charge in [0.2, 0.25) is 35.4 Å². The Morgan fingerprint density at radius 1 is 0.367 bits per heavy atom. The fourth-order valence-electron chi connectivity index (χ4n) is 12.1. The van der Waals surface area contributed by atoms with Crippen molar-refractivity contribution in [3.05, 3.63) is 322 Å². The quantitative estimate of drug-likeness (QED) is 0.0100. The SMILES string of the molecule is CCc1csc([C@@H](N)Cc2ccc([N+](=O)[O-])cc2)n1.CCc1csc([C@H](Cc2ccc(NS(=O)(=O)O)cc2)NC(=O)[C@H](Cc2ccccc2)NC(C)=O)n1.CCc1csc([C@H](Cc2ccc([N+](=O)[O-])cc2)NC(=O)[C@H](Cc2ccccc2)NC(C)=O)n1.CCc1csc([C@H](Cc2ccc([N+](=O)[O-])cc2)NC(=O)[C@H](Cc2ccccc2)NC(C)=O)n1. The minimum Gasteiger partial charge on any atom is -0.345 e. The van der Waals surface area contributed by atoms with E-state index >= 15 is 0 Å². The molecule has 4 aromatic heterocycles. The van der Waals surface area contributed by atoms with Crippen LogP contribution in [-0.2, 0) is 110 Å². The fourth-order valence-corrected chi connectivity index (χ4v) is 16.3. The van der Waals surface area contributed by atoms with E-state index in [1.807, 2.05) is 138 Å². The first kappa shape index (κ1) is 93.2. The third-order valence-electron chi connectivity index (χ3n) is 18.2. The third kappa shape index (κ3) is 31.2. The Bertz CT molecular complexity index is 5120. The highest BCUT2D eigenvalue weighted by Crippen LogP contribution is 2.30. The molecule has 0 spiro atoms. The van der Waals surface area contributed by atoms with Crippen LogP contribution in [0.1, 0.15) is 154 Å². The molecule has 0 saturated heterocycles. The highest BCUT2D eigenvalue weighted by molar-refractivity contribution is 7.87. The molecular formula is C85H95N15O15S5. The van der Waals surface area contributed by atoms with Gasteiger partial charge in [-0.1, -0.05) is 167 Å². The molecule has 0 aliphatic heterocycles. The van der Waals surface area contributed by atoms with Crippen molar-refractivity contribution in [2.45, 2.75) is 161 Å². The summed E-state index contributed by atoms with van der Waals surface area (Å²) < 4.78 is 33.0. The molecule has 7 aromatic carbocycles. The summed E-state index contributed by atoms with van der Waals surface area (Å²) in [7, 11) is -4.37. The van der Waals surface area contributed by atoms with E-state index in [1.165, 1.54) is 103 Å². The van der Waals surface area contributed by atoms with Crippen LogP contribution >= 0.6 is 45.3 Å². The Morgan fingerprint density at radius 3 is 0.850 bits per heavy atom. The van der Waals surface area contributed by atoms with Gasteiger partial charge < -0.3 is 37.6 Å².